The molecule has 2 heteroatoms. The number of ether oxygens (including phenoxy) is 1. The Morgan fingerprint density at radius 3 is 2.50 bits per heavy atom. The summed E-state index contributed by atoms with van der Waals surface area (Å²) >= 11 is 0. The number of carbonyl (C=O) groups is 1. The molecule has 0 aliphatic carbocycles. The smallest absolute Gasteiger partial charge is 0.330 e. The van der Waals surface area contributed by atoms with Gasteiger partial charge in [0.1, 0.15) is 0 Å². The highest BCUT2D eigenvalue weighted by Crippen LogP contribution is 1.99. The number of hydrogen-bond donors (Lipinski definition) is 0. The van der Waals surface area contributed by atoms with Gasteiger partial charge < -0.3 is 4.74 Å². The largest absolute Gasteiger partial charge is 0.462 e. The van der Waals surface area contributed by atoms with E-state index in [0.29, 0.717) is 12.5 Å². The van der Waals surface area contributed by atoms with E-state index < -0.39 is 0 Å². The molecule has 0 spiro atoms. The molecular weight excluding hydrogens is 152 g/mol. The lowest BCUT2D eigenvalue weighted by Gasteiger charge is -2.04. The fraction of sp³-hybridized carbons (Fsp3) is 0.700. The third kappa shape index (κ3) is 5.96. The molecule has 0 aromatic carbocycles. The van der Waals surface area contributed by atoms with Gasteiger partial charge in [0, 0.05) is 6.08 Å². The first kappa shape index (κ1) is 11.2. The standard InChI is InChI=1S/C10H18O2/c1-5-9(4)6-10(11)12-7-8(2)3/h6,8H,5,7H2,1-4H3/b9-6+. The second-order valence-electron chi connectivity index (χ2n) is 3.37. The average molecular weight is 170 g/mol. The molecule has 12 heavy (non-hydrogen) atoms. The molecule has 0 bridgehead atoms. The van der Waals surface area contributed by atoms with E-state index in [0.717, 1.165) is 12.0 Å². The minimum atomic E-state index is -0.219. The van der Waals surface area contributed by atoms with Gasteiger partial charge >= 0.3 is 5.97 Å². The van der Waals surface area contributed by atoms with E-state index in [-0.39, 0.29) is 5.97 Å². The maximum Gasteiger partial charge on any atom is 0.330 e. The SMILES string of the molecule is CC/C(C)=C/C(=O)OCC(C)C. The predicted molar refractivity (Wildman–Crippen MR) is 49.8 cm³/mol. The Labute approximate surface area is 74.6 Å². The van der Waals surface area contributed by atoms with Crippen molar-refractivity contribution in [3.63, 3.8) is 0 Å². The van der Waals surface area contributed by atoms with Gasteiger partial charge in [-0.2, -0.15) is 0 Å². The number of rotatable bonds is 4. The van der Waals surface area contributed by atoms with E-state index in [1.165, 1.54) is 0 Å². The molecule has 0 atom stereocenters. The summed E-state index contributed by atoms with van der Waals surface area (Å²) in [6, 6.07) is 0. The van der Waals surface area contributed by atoms with Gasteiger partial charge in [0.05, 0.1) is 6.61 Å². The van der Waals surface area contributed by atoms with Crippen molar-refractivity contribution in [2.75, 3.05) is 6.61 Å². The molecule has 70 valence electrons. The van der Waals surface area contributed by atoms with Gasteiger partial charge in [-0.25, -0.2) is 4.79 Å². The third-order valence-electron chi connectivity index (χ3n) is 1.48. The van der Waals surface area contributed by atoms with Crippen LogP contribution in [0.3, 0.4) is 0 Å². The lowest BCUT2D eigenvalue weighted by atomic mass is 10.2. The molecule has 0 saturated carbocycles. The highest BCUT2D eigenvalue weighted by molar-refractivity contribution is 5.82. The highest BCUT2D eigenvalue weighted by atomic mass is 16.5. The van der Waals surface area contributed by atoms with E-state index in [1.807, 2.05) is 27.7 Å². The van der Waals surface area contributed by atoms with Crippen LogP contribution in [0, 0.1) is 5.92 Å². The zero-order chi connectivity index (χ0) is 9.56. The Hall–Kier alpha value is -0.790. The van der Waals surface area contributed by atoms with E-state index in [9.17, 15) is 4.79 Å². The molecule has 0 radical (unpaired) electrons. The van der Waals surface area contributed by atoms with Gasteiger partial charge in [-0.05, 0) is 19.3 Å². The third-order valence-corrected chi connectivity index (χ3v) is 1.48. The van der Waals surface area contributed by atoms with Gasteiger partial charge in [0.15, 0.2) is 0 Å². The fourth-order valence-electron chi connectivity index (χ4n) is 0.594. The second-order valence-corrected chi connectivity index (χ2v) is 3.37. The Balaban J connectivity index is 3.74. The van der Waals surface area contributed by atoms with Crippen LogP contribution in [0.4, 0.5) is 0 Å². The summed E-state index contributed by atoms with van der Waals surface area (Å²) in [5.41, 5.74) is 1.06. The minimum absolute atomic E-state index is 0.219. The van der Waals surface area contributed by atoms with Crippen molar-refractivity contribution in [3.05, 3.63) is 11.6 Å². The fourth-order valence-corrected chi connectivity index (χ4v) is 0.594. The van der Waals surface area contributed by atoms with Crippen molar-refractivity contribution >= 4 is 5.97 Å². The van der Waals surface area contributed by atoms with E-state index >= 15 is 0 Å². The Kier molecular flexibility index (Phi) is 5.43. The molecule has 2 nitrogen and oxygen atoms in total. The van der Waals surface area contributed by atoms with Crippen LogP contribution in [0.5, 0.6) is 0 Å². The molecule has 0 rings (SSSR count). The summed E-state index contributed by atoms with van der Waals surface area (Å²) in [4.78, 5) is 11.0. The summed E-state index contributed by atoms with van der Waals surface area (Å²) < 4.78 is 4.96. The molecular formula is C10H18O2. The van der Waals surface area contributed by atoms with Crippen LogP contribution in [0.1, 0.15) is 34.1 Å². The summed E-state index contributed by atoms with van der Waals surface area (Å²) in [6.07, 6.45) is 2.46. The number of allylic oxidation sites excluding steroid dienone is 1. The van der Waals surface area contributed by atoms with Crippen molar-refractivity contribution in [2.24, 2.45) is 5.92 Å². The molecule has 0 N–H and O–H groups in total. The number of carbonyl (C=O) groups excluding carboxylic acids is 1. The summed E-state index contributed by atoms with van der Waals surface area (Å²) in [5.74, 6) is 0.187. The van der Waals surface area contributed by atoms with Crippen molar-refractivity contribution < 1.29 is 9.53 Å². The van der Waals surface area contributed by atoms with Crippen LogP contribution >= 0.6 is 0 Å². The Bertz CT molecular complexity index is 169. The molecule has 0 saturated heterocycles. The van der Waals surface area contributed by atoms with Crippen LogP contribution in [0.2, 0.25) is 0 Å². The first-order chi connectivity index (χ1) is 5.56. The van der Waals surface area contributed by atoms with Gasteiger partial charge in [0.25, 0.3) is 0 Å². The molecule has 0 aliphatic heterocycles. The number of hydrogen-bond acceptors (Lipinski definition) is 2. The van der Waals surface area contributed by atoms with E-state index in [1.54, 1.807) is 6.08 Å². The van der Waals surface area contributed by atoms with Crippen molar-refractivity contribution in [1.82, 2.24) is 0 Å². The van der Waals surface area contributed by atoms with Crippen LogP contribution in [-0.4, -0.2) is 12.6 Å². The van der Waals surface area contributed by atoms with Crippen LogP contribution < -0.4 is 0 Å². The van der Waals surface area contributed by atoms with Crippen LogP contribution in [-0.2, 0) is 9.53 Å². The quantitative estimate of drug-likeness (QED) is 0.478. The topological polar surface area (TPSA) is 26.3 Å². The first-order valence-corrected chi connectivity index (χ1v) is 4.40. The van der Waals surface area contributed by atoms with Gasteiger partial charge in [-0.15, -0.1) is 0 Å². The van der Waals surface area contributed by atoms with E-state index in [2.05, 4.69) is 0 Å². The second kappa shape index (κ2) is 5.81. The Morgan fingerprint density at radius 1 is 1.50 bits per heavy atom. The zero-order valence-electron chi connectivity index (χ0n) is 8.39. The Morgan fingerprint density at radius 2 is 2.08 bits per heavy atom. The molecule has 0 amide bonds. The average Bonchev–Trinajstić information content (AvgIpc) is 2.00. The molecule has 0 aromatic heterocycles. The lowest BCUT2D eigenvalue weighted by Crippen LogP contribution is -2.07. The van der Waals surface area contributed by atoms with Crippen molar-refractivity contribution in [1.29, 1.82) is 0 Å². The van der Waals surface area contributed by atoms with Crippen molar-refractivity contribution in [2.45, 2.75) is 34.1 Å². The summed E-state index contributed by atoms with van der Waals surface area (Å²) in [5, 5.41) is 0. The molecule has 0 aliphatic rings. The predicted octanol–water partition coefficient (Wildman–Crippen LogP) is 2.54. The zero-order valence-corrected chi connectivity index (χ0v) is 8.39. The van der Waals surface area contributed by atoms with Gasteiger partial charge in [-0.3, -0.25) is 0 Å². The minimum Gasteiger partial charge on any atom is -0.462 e. The monoisotopic (exact) mass is 170 g/mol. The summed E-state index contributed by atoms with van der Waals surface area (Å²) in [6.45, 7) is 8.48. The maximum absolute atomic E-state index is 11.0. The normalized spacial score (nSPS) is 11.9. The maximum atomic E-state index is 11.0. The first-order valence-electron chi connectivity index (χ1n) is 4.40. The summed E-state index contributed by atoms with van der Waals surface area (Å²) in [7, 11) is 0. The molecule has 0 unspecified atom stereocenters. The van der Waals surface area contributed by atoms with Gasteiger partial charge in [-0.1, -0.05) is 26.3 Å². The molecule has 0 aromatic rings. The van der Waals surface area contributed by atoms with Crippen LogP contribution in [0.25, 0.3) is 0 Å². The van der Waals surface area contributed by atoms with Crippen LogP contribution in [0.15, 0.2) is 11.6 Å². The number of esters is 1. The van der Waals surface area contributed by atoms with Gasteiger partial charge in [0.2, 0.25) is 0 Å². The highest BCUT2D eigenvalue weighted by Gasteiger charge is 2.00. The van der Waals surface area contributed by atoms with E-state index in [4.69, 9.17) is 4.74 Å². The lowest BCUT2D eigenvalue weighted by molar-refractivity contribution is -0.138. The molecule has 0 fully saturated rings. The van der Waals surface area contributed by atoms with Crippen molar-refractivity contribution in [3.8, 4) is 0 Å². The molecule has 0 heterocycles.